The van der Waals surface area contributed by atoms with Crippen molar-refractivity contribution in [2.75, 3.05) is 14.2 Å². The average molecular weight is 341 g/mol. The Morgan fingerprint density at radius 3 is 1.65 bits per heavy atom. The second-order valence-corrected chi connectivity index (χ2v) is 6.45. The summed E-state index contributed by atoms with van der Waals surface area (Å²) in [5.41, 5.74) is 0. The van der Waals surface area contributed by atoms with Crippen molar-refractivity contribution >= 4 is 0 Å². The summed E-state index contributed by atoms with van der Waals surface area (Å²) < 4.78 is 13.1. The topological polar surface area (TPSA) is 18.5 Å². The predicted molar refractivity (Wildman–Crippen MR) is 63.4 cm³/mol. The molecule has 0 heterocycles. The average Bonchev–Trinajstić information content (AvgIpc) is 2.39. The third-order valence-corrected chi connectivity index (χ3v) is 4.87. The van der Waals surface area contributed by atoms with Crippen LogP contribution < -0.4 is 30.7 Å². The molecule has 0 amide bonds. The highest BCUT2D eigenvalue weighted by Crippen LogP contribution is 2.08. The van der Waals surface area contributed by atoms with Gasteiger partial charge < -0.3 is 9.47 Å². The zero-order valence-electron chi connectivity index (χ0n) is 9.81. The highest BCUT2D eigenvalue weighted by molar-refractivity contribution is 5.22. The number of hydrogen-bond donors (Lipinski definition) is 0. The van der Waals surface area contributed by atoms with Gasteiger partial charge in [0, 0.05) is 12.1 Å². The van der Waals surface area contributed by atoms with Crippen LogP contribution in [0.15, 0.2) is 48.5 Å². The molecule has 0 fully saturated rings. The van der Waals surface area contributed by atoms with Crippen molar-refractivity contribution < 1.29 is 30.7 Å². The Bertz CT molecular complexity index is 452. The third kappa shape index (κ3) is 3.36. The van der Waals surface area contributed by atoms with Crippen LogP contribution in [0.4, 0.5) is 0 Å². The second kappa shape index (κ2) is 5.91. The molecule has 0 aliphatic rings. The zero-order valence-corrected chi connectivity index (χ0v) is 12.0. The Morgan fingerprint density at radius 2 is 1.24 bits per heavy atom. The minimum atomic E-state index is -0.177. The first kappa shape index (κ1) is 12.2. The van der Waals surface area contributed by atoms with Crippen molar-refractivity contribution in [2.45, 2.75) is 0 Å². The van der Waals surface area contributed by atoms with Crippen molar-refractivity contribution in [2.24, 2.45) is 0 Å². The molecule has 88 valence electrons. The summed E-state index contributed by atoms with van der Waals surface area (Å²) in [6, 6.07) is 16.5. The van der Waals surface area contributed by atoms with Crippen LogP contribution in [0, 0.1) is 7.14 Å². The maximum absolute atomic E-state index is 5.23. The predicted octanol–water partition coefficient (Wildman–Crippen LogP) is -0.168. The van der Waals surface area contributed by atoms with Crippen molar-refractivity contribution in [3.05, 3.63) is 55.7 Å². The van der Waals surface area contributed by atoms with Gasteiger partial charge in [-0.05, 0) is 24.3 Å². The summed E-state index contributed by atoms with van der Waals surface area (Å²) in [5.74, 6) is 1.84. The van der Waals surface area contributed by atoms with Crippen LogP contribution in [-0.2, 0) is 0 Å². The Balaban J connectivity index is 2.18. The fourth-order valence-corrected chi connectivity index (χ4v) is 3.85. The first-order valence-electron chi connectivity index (χ1n) is 5.25. The zero-order chi connectivity index (χ0) is 12.1. The highest BCUT2D eigenvalue weighted by atomic mass is 127. The van der Waals surface area contributed by atoms with E-state index in [9.17, 15) is 0 Å². The lowest BCUT2D eigenvalue weighted by molar-refractivity contribution is -0.597. The molecule has 2 nitrogen and oxygen atoms in total. The molecule has 17 heavy (non-hydrogen) atoms. The number of halogens is 1. The van der Waals surface area contributed by atoms with Gasteiger partial charge in [-0.1, -0.05) is 12.1 Å². The molecule has 0 spiro atoms. The van der Waals surface area contributed by atoms with Crippen molar-refractivity contribution in [3.8, 4) is 11.5 Å². The lowest BCUT2D eigenvalue weighted by atomic mass is 10.3. The Labute approximate surface area is 112 Å². The molecular weight excluding hydrogens is 327 g/mol. The molecule has 0 unspecified atom stereocenters. The summed E-state index contributed by atoms with van der Waals surface area (Å²) in [4.78, 5) is 0. The Kier molecular flexibility index (Phi) is 4.25. The van der Waals surface area contributed by atoms with Crippen molar-refractivity contribution in [1.29, 1.82) is 0 Å². The molecule has 0 aliphatic carbocycles. The minimum absolute atomic E-state index is 0.177. The monoisotopic (exact) mass is 341 g/mol. The summed E-state index contributed by atoms with van der Waals surface area (Å²) in [7, 11) is 3.39. The van der Waals surface area contributed by atoms with Gasteiger partial charge >= 0.3 is 21.2 Å². The van der Waals surface area contributed by atoms with Crippen LogP contribution in [0.25, 0.3) is 0 Å². The lowest BCUT2D eigenvalue weighted by Crippen LogP contribution is -3.61. The Hall–Kier alpha value is -1.23. The first-order chi connectivity index (χ1) is 8.31. The van der Waals surface area contributed by atoms with Crippen LogP contribution in [0.1, 0.15) is 0 Å². The molecule has 0 bridgehead atoms. The van der Waals surface area contributed by atoms with Gasteiger partial charge in [0.15, 0.2) is 7.14 Å². The largest absolute Gasteiger partial charge is 0.497 e. The maximum atomic E-state index is 5.23. The van der Waals surface area contributed by atoms with Gasteiger partial charge in [0.2, 0.25) is 0 Å². The van der Waals surface area contributed by atoms with Gasteiger partial charge in [0.25, 0.3) is 0 Å². The molecule has 0 aromatic heterocycles. The van der Waals surface area contributed by atoms with E-state index in [2.05, 4.69) is 24.3 Å². The van der Waals surface area contributed by atoms with Crippen molar-refractivity contribution in [3.63, 3.8) is 0 Å². The smallest absolute Gasteiger partial charge is 0.358 e. The van der Waals surface area contributed by atoms with Crippen LogP contribution in [0.2, 0.25) is 0 Å². The van der Waals surface area contributed by atoms with Gasteiger partial charge in [0.1, 0.15) is 11.5 Å². The van der Waals surface area contributed by atoms with E-state index in [1.54, 1.807) is 14.2 Å². The van der Waals surface area contributed by atoms with E-state index in [1.807, 2.05) is 24.3 Å². The Morgan fingerprint density at radius 1 is 0.765 bits per heavy atom. The van der Waals surface area contributed by atoms with E-state index in [1.165, 1.54) is 7.14 Å². The molecule has 3 heteroatoms. The van der Waals surface area contributed by atoms with Crippen LogP contribution >= 0.6 is 0 Å². The number of rotatable bonds is 4. The number of benzene rings is 2. The van der Waals surface area contributed by atoms with E-state index in [0.717, 1.165) is 11.5 Å². The van der Waals surface area contributed by atoms with Crippen LogP contribution in [0.5, 0.6) is 11.5 Å². The van der Waals surface area contributed by atoms with Gasteiger partial charge in [-0.3, -0.25) is 0 Å². The van der Waals surface area contributed by atoms with E-state index < -0.39 is 0 Å². The molecule has 2 aromatic carbocycles. The fourth-order valence-electron chi connectivity index (χ4n) is 1.43. The first-order valence-corrected chi connectivity index (χ1v) is 7.40. The summed E-state index contributed by atoms with van der Waals surface area (Å²) >= 11 is -0.177. The van der Waals surface area contributed by atoms with Gasteiger partial charge in [-0.25, -0.2) is 0 Å². The maximum Gasteiger partial charge on any atom is 0.358 e. The summed E-state index contributed by atoms with van der Waals surface area (Å²) in [6.07, 6.45) is 0. The van der Waals surface area contributed by atoms with Gasteiger partial charge in [-0.2, -0.15) is 0 Å². The quantitative estimate of drug-likeness (QED) is 0.720. The number of hydrogen-bond acceptors (Lipinski definition) is 2. The molecule has 0 radical (unpaired) electrons. The summed E-state index contributed by atoms with van der Waals surface area (Å²) in [6.45, 7) is 0. The van der Waals surface area contributed by atoms with E-state index in [-0.39, 0.29) is 21.2 Å². The molecular formula is C14H14IO2+. The minimum Gasteiger partial charge on any atom is -0.497 e. The standard InChI is InChI=1S/C14H14IO2/c1-16-13-7-3-5-11(9-13)15-12-6-4-8-14(10-12)17-2/h3-10H,1-2H3/q+1. The number of ether oxygens (including phenoxy) is 2. The van der Waals surface area contributed by atoms with Gasteiger partial charge in [-0.15, -0.1) is 0 Å². The van der Waals surface area contributed by atoms with E-state index in [4.69, 9.17) is 9.47 Å². The molecule has 0 N–H and O–H groups in total. The molecule has 2 aromatic rings. The highest BCUT2D eigenvalue weighted by Gasteiger charge is 2.16. The molecule has 0 saturated carbocycles. The SMILES string of the molecule is COc1cccc([I+]c2cccc(OC)c2)c1. The van der Waals surface area contributed by atoms with Gasteiger partial charge in [0.05, 0.1) is 14.2 Å². The van der Waals surface area contributed by atoms with Crippen LogP contribution in [-0.4, -0.2) is 14.2 Å². The number of methoxy groups -OCH3 is 2. The van der Waals surface area contributed by atoms with E-state index >= 15 is 0 Å². The molecule has 0 aliphatic heterocycles. The third-order valence-electron chi connectivity index (χ3n) is 2.28. The summed E-state index contributed by atoms with van der Waals surface area (Å²) in [5, 5.41) is 0. The lowest BCUT2D eigenvalue weighted by Gasteiger charge is -1.97. The van der Waals surface area contributed by atoms with Crippen LogP contribution in [0.3, 0.4) is 0 Å². The van der Waals surface area contributed by atoms with Crippen molar-refractivity contribution in [1.82, 2.24) is 0 Å². The fraction of sp³-hybridized carbons (Fsp3) is 0.143. The normalized spacial score (nSPS) is 10.0. The van der Waals surface area contributed by atoms with E-state index in [0.29, 0.717) is 0 Å². The second-order valence-electron chi connectivity index (χ2n) is 3.42. The molecule has 2 rings (SSSR count). The molecule has 0 atom stereocenters. The molecule has 0 saturated heterocycles.